The average Bonchev–Trinajstić information content (AvgIpc) is 3.90. The SMILES string of the molecule is CCC(C(=O)O)[C@@H](c1ccnc(OCC2CCN(c3cc(OC)ccc3C(=O)N(CC(C)(C)C)c3ccccn3)CC2)c1)C1CC1. The van der Waals surface area contributed by atoms with Crippen LogP contribution in [0.25, 0.3) is 0 Å². The third-order valence-corrected chi connectivity index (χ3v) is 9.13. The highest BCUT2D eigenvalue weighted by molar-refractivity contribution is 6.09. The minimum absolute atomic E-state index is 0.00662. The summed E-state index contributed by atoms with van der Waals surface area (Å²) in [6, 6.07) is 15.2. The lowest BCUT2D eigenvalue weighted by Gasteiger charge is -2.36. The van der Waals surface area contributed by atoms with Crippen LogP contribution in [0.4, 0.5) is 11.5 Å². The molecule has 1 N–H and O–H groups in total. The van der Waals surface area contributed by atoms with Gasteiger partial charge in [0.1, 0.15) is 11.6 Å². The molecular weight excluding hydrogens is 580 g/mol. The van der Waals surface area contributed by atoms with Gasteiger partial charge in [0.15, 0.2) is 0 Å². The Balaban J connectivity index is 1.27. The monoisotopic (exact) mass is 628 g/mol. The molecule has 5 rings (SSSR count). The topological polar surface area (TPSA) is 105 Å². The Kier molecular flexibility index (Phi) is 10.5. The third kappa shape index (κ3) is 8.17. The van der Waals surface area contributed by atoms with Crippen molar-refractivity contribution < 1.29 is 24.2 Å². The number of rotatable bonds is 13. The predicted octanol–water partition coefficient (Wildman–Crippen LogP) is 7.08. The lowest BCUT2D eigenvalue weighted by Crippen LogP contribution is -2.40. The first-order valence-electron chi connectivity index (χ1n) is 16.6. The zero-order valence-corrected chi connectivity index (χ0v) is 27.8. The Morgan fingerprint density at radius 3 is 2.39 bits per heavy atom. The second-order valence-corrected chi connectivity index (χ2v) is 13.9. The molecule has 0 spiro atoms. The zero-order valence-electron chi connectivity index (χ0n) is 27.8. The van der Waals surface area contributed by atoms with E-state index in [9.17, 15) is 14.7 Å². The molecule has 2 aliphatic rings. The summed E-state index contributed by atoms with van der Waals surface area (Å²) in [7, 11) is 1.64. The molecule has 1 saturated carbocycles. The molecule has 1 aromatic carbocycles. The lowest BCUT2D eigenvalue weighted by molar-refractivity contribution is -0.142. The van der Waals surface area contributed by atoms with Gasteiger partial charge in [0, 0.05) is 50.1 Å². The number of aliphatic carboxylic acids is 1. The number of piperidine rings is 1. The van der Waals surface area contributed by atoms with Crippen molar-refractivity contribution in [3.63, 3.8) is 0 Å². The van der Waals surface area contributed by atoms with Gasteiger partial charge < -0.3 is 19.5 Å². The number of hydrogen-bond acceptors (Lipinski definition) is 7. The minimum atomic E-state index is -0.732. The molecule has 1 amide bonds. The molecule has 1 saturated heterocycles. The highest BCUT2D eigenvalue weighted by atomic mass is 16.5. The molecule has 9 heteroatoms. The van der Waals surface area contributed by atoms with Crippen LogP contribution in [0, 0.1) is 23.2 Å². The second kappa shape index (κ2) is 14.5. The number of hydrogen-bond donors (Lipinski definition) is 1. The first-order valence-corrected chi connectivity index (χ1v) is 16.6. The molecule has 0 radical (unpaired) electrons. The summed E-state index contributed by atoms with van der Waals surface area (Å²) in [4.78, 5) is 39.2. The number of pyridine rings is 2. The van der Waals surface area contributed by atoms with Crippen LogP contribution in [-0.4, -0.2) is 60.3 Å². The molecule has 2 fully saturated rings. The molecule has 1 unspecified atom stereocenters. The fourth-order valence-electron chi connectivity index (χ4n) is 6.60. The van der Waals surface area contributed by atoms with Crippen LogP contribution >= 0.6 is 0 Å². The summed E-state index contributed by atoms with van der Waals surface area (Å²) in [5.41, 5.74) is 2.38. The van der Waals surface area contributed by atoms with Crippen molar-refractivity contribution in [2.24, 2.45) is 23.2 Å². The fraction of sp³-hybridized carbons (Fsp3) is 0.514. The van der Waals surface area contributed by atoms with E-state index in [1.165, 1.54) is 0 Å². The van der Waals surface area contributed by atoms with Crippen LogP contribution in [-0.2, 0) is 4.79 Å². The number of methoxy groups -OCH3 is 1. The quantitative estimate of drug-likeness (QED) is 0.214. The summed E-state index contributed by atoms with van der Waals surface area (Å²) in [5.74, 6) is 1.43. The maximum Gasteiger partial charge on any atom is 0.307 e. The fourth-order valence-corrected chi connectivity index (χ4v) is 6.60. The van der Waals surface area contributed by atoms with Gasteiger partial charge in [-0.25, -0.2) is 9.97 Å². The Morgan fingerprint density at radius 1 is 1.02 bits per heavy atom. The number of carbonyl (C=O) groups excluding carboxylic acids is 1. The number of carboxylic acids is 1. The van der Waals surface area contributed by atoms with Gasteiger partial charge >= 0.3 is 5.97 Å². The number of anilines is 2. The van der Waals surface area contributed by atoms with E-state index in [-0.39, 0.29) is 17.2 Å². The van der Waals surface area contributed by atoms with Crippen LogP contribution in [0.1, 0.15) is 81.6 Å². The first kappa shape index (κ1) is 33.2. The van der Waals surface area contributed by atoms with Gasteiger partial charge in [0.2, 0.25) is 5.88 Å². The Morgan fingerprint density at radius 2 is 1.78 bits per heavy atom. The van der Waals surface area contributed by atoms with E-state index < -0.39 is 11.9 Å². The van der Waals surface area contributed by atoms with Crippen molar-refractivity contribution >= 4 is 23.4 Å². The van der Waals surface area contributed by atoms with Crippen molar-refractivity contribution in [2.45, 2.75) is 65.7 Å². The lowest BCUT2D eigenvalue weighted by atomic mass is 9.81. The molecule has 0 bridgehead atoms. The number of amides is 1. The molecule has 246 valence electrons. The summed E-state index contributed by atoms with van der Waals surface area (Å²) in [6.07, 6.45) is 8.01. The van der Waals surface area contributed by atoms with E-state index in [0.29, 0.717) is 54.4 Å². The summed E-state index contributed by atoms with van der Waals surface area (Å²) in [5, 5.41) is 9.85. The molecule has 9 nitrogen and oxygen atoms in total. The second-order valence-electron chi connectivity index (χ2n) is 13.9. The van der Waals surface area contributed by atoms with Gasteiger partial charge in [-0.2, -0.15) is 0 Å². The van der Waals surface area contributed by atoms with Gasteiger partial charge in [-0.15, -0.1) is 0 Å². The van der Waals surface area contributed by atoms with Crippen LogP contribution in [0.5, 0.6) is 11.6 Å². The van der Waals surface area contributed by atoms with E-state index >= 15 is 0 Å². The average molecular weight is 629 g/mol. The van der Waals surface area contributed by atoms with Crippen molar-refractivity contribution in [3.8, 4) is 11.6 Å². The Hall–Kier alpha value is -4.14. The summed E-state index contributed by atoms with van der Waals surface area (Å²) < 4.78 is 11.8. The maximum atomic E-state index is 14.2. The zero-order chi connectivity index (χ0) is 32.8. The van der Waals surface area contributed by atoms with Gasteiger partial charge in [0.05, 0.1) is 30.9 Å². The van der Waals surface area contributed by atoms with E-state index in [1.54, 1.807) is 24.4 Å². The summed E-state index contributed by atoms with van der Waals surface area (Å²) >= 11 is 0. The molecule has 2 atom stereocenters. The normalized spacial score (nSPS) is 16.8. The van der Waals surface area contributed by atoms with Crippen molar-refractivity contribution in [2.75, 3.05) is 43.2 Å². The van der Waals surface area contributed by atoms with Gasteiger partial charge in [-0.3, -0.25) is 14.5 Å². The van der Waals surface area contributed by atoms with Crippen LogP contribution < -0.4 is 19.3 Å². The minimum Gasteiger partial charge on any atom is -0.497 e. The summed E-state index contributed by atoms with van der Waals surface area (Å²) in [6.45, 7) is 10.9. The smallest absolute Gasteiger partial charge is 0.307 e. The number of carbonyl (C=O) groups is 2. The Bertz CT molecular complexity index is 1480. The van der Waals surface area contributed by atoms with Crippen molar-refractivity contribution in [3.05, 3.63) is 72.1 Å². The van der Waals surface area contributed by atoms with E-state index in [2.05, 4.69) is 35.6 Å². The molecule has 1 aliphatic carbocycles. The molecule has 3 aromatic rings. The standard InChI is InChI=1S/C37H48N4O5/c1-6-29(36(43)44)34(26-10-11-26)27-14-18-39-33(21-27)46-23-25-15-19-40(20-16-25)31-22-28(45-5)12-13-30(31)35(42)41(24-37(2,3)4)32-9-7-8-17-38-32/h7-9,12-14,17-18,21-22,25-26,29,34H,6,10-11,15-16,19-20,23-24H2,1-5H3,(H,43,44)/t29?,34-/m1/s1. The van der Waals surface area contributed by atoms with Crippen molar-refractivity contribution in [1.29, 1.82) is 0 Å². The number of aromatic nitrogens is 2. The number of nitrogens with zero attached hydrogens (tertiary/aromatic N) is 4. The van der Waals surface area contributed by atoms with Crippen LogP contribution in [0.15, 0.2) is 60.9 Å². The van der Waals surface area contributed by atoms with Gasteiger partial charge in [-0.1, -0.05) is 33.8 Å². The number of carboxylic acid groups (broad SMARTS) is 1. The third-order valence-electron chi connectivity index (χ3n) is 9.13. The molecule has 1 aliphatic heterocycles. The Labute approximate surface area is 273 Å². The predicted molar refractivity (Wildman–Crippen MR) is 180 cm³/mol. The molecule has 3 heterocycles. The molecule has 2 aromatic heterocycles. The largest absolute Gasteiger partial charge is 0.497 e. The van der Waals surface area contributed by atoms with Gasteiger partial charge in [0.25, 0.3) is 5.91 Å². The van der Waals surface area contributed by atoms with Crippen LogP contribution in [0.3, 0.4) is 0 Å². The molecule has 46 heavy (non-hydrogen) atoms. The van der Waals surface area contributed by atoms with E-state index in [4.69, 9.17) is 9.47 Å². The number of benzene rings is 1. The van der Waals surface area contributed by atoms with Crippen LogP contribution in [0.2, 0.25) is 0 Å². The first-order chi connectivity index (χ1) is 22.1. The highest BCUT2D eigenvalue weighted by Gasteiger charge is 2.40. The van der Waals surface area contributed by atoms with E-state index in [1.807, 2.05) is 55.5 Å². The highest BCUT2D eigenvalue weighted by Crippen LogP contribution is 2.48. The van der Waals surface area contributed by atoms with E-state index in [0.717, 1.165) is 50.0 Å². The number of ether oxygens (including phenoxy) is 2. The maximum absolute atomic E-state index is 14.2. The van der Waals surface area contributed by atoms with Crippen molar-refractivity contribution in [1.82, 2.24) is 9.97 Å². The van der Waals surface area contributed by atoms with Gasteiger partial charge in [-0.05, 0) is 85.3 Å². The molecular formula is C37H48N4O5.